The van der Waals surface area contributed by atoms with Crippen LogP contribution < -0.4 is 10.6 Å². The van der Waals surface area contributed by atoms with Gasteiger partial charge in [-0.15, -0.1) is 10.2 Å². The van der Waals surface area contributed by atoms with Gasteiger partial charge in [-0.1, -0.05) is 18.2 Å². The molecular formula is C20H18N4O2. The van der Waals surface area contributed by atoms with Gasteiger partial charge in [-0.25, -0.2) is 0 Å². The third kappa shape index (κ3) is 4.10. The Kier molecular flexibility index (Phi) is 5.03. The first-order valence-electron chi connectivity index (χ1n) is 8.11. The zero-order valence-corrected chi connectivity index (χ0v) is 14.5. The molecule has 2 aromatic carbocycles. The molecule has 0 unspecified atom stereocenters. The molecule has 3 aromatic rings. The summed E-state index contributed by atoms with van der Waals surface area (Å²) < 4.78 is 0. The monoisotopic (exact) mass is 346 g/mol. The lowest BCUT2D eigenvalue weighted by Crippen LogP contribution is -2.14. The first-order chi connectivity index (χ1) is 12.5. The number of benzene rings is 2. The Bertz CT molecular complexity index is 935. The van der Waals surface area contributed by atoms with Gasteiger partial charge in [0.2, 0.25) is 0 Å². The van der Waals surface area contributed by atoms with Crippen LogP contribution >= 0.6 is 0 Å². The Labute approximate surface area is 151 Å². The van der Waals surface area contributed by atoms with Gasteiger partial charge >= 0.3 is 0 Å². The Balaban J connectivity index is 1.67. The van der Waals surface area contributed by atoms with Crippen molar-refractivity contribution in [2.45, 2.75) is 13.8 Å². The molecule has 0 saturated carbocycles. The van der Waals surface area contributed by atoms with Gasteiger partial charge in [-0.3, -0.25) is 9.59 Å². The van der Waals surface area contributed by atoms with Crippen molar-refractivity contribution >= 4 is 28.9 Å². The molecule has 0 spiro atoms. The summed E-state index contributed by atoms with van der Waals surface area (Å²) in [7, 11) is 0. The fraction of sp³-hybridized carbons (Fsp3) is 0.100. The van der Waals surface area contributed by atoms with Crippen molar-refractivity contribution in [2.75, 3.05) is 10.6 Å². The van der Waals surface area contributed by atoms with Crippen LogP contribution in [0.3, 0.4) is 0 Å². The molecule has 0 aliphatic rings. The van der Waals surface area contributed by atoms with Crippen LogP contribution in [0.1, 0.15) is 33.3 Å². The van der Waals surface area contributed by atoms with Crippen LogP contribution in [0.4, 0.5) is 17.2 Å². The zero-order valence-electron chi connectivity index (χ0n) is 14.5. The molecule has 0 bridgehead atoms. The van der Waals surface area contributed by atoms with Crippen molar-refractivity contribution in [3.8, 4) is 0 Å². The Hall–Kier alpha value is -3.54. The molecule has 0 aliphatic heterocycles. The lowest BCUT2D eigenvalue weighted by molar-refractivity contribution is 0.101. The molecule has 0 aliphatic carbocycles. The van der Waals surface area contributed by atoms with E-state index in [1.165, 1.54) is 6.92 Å². The number of Topliss-reactive ketones (excluding diaryl/α,β-unsaturated/α-hetero) is 1. The number of carbonyl (C=O) groups excluding carboxylic acids is 2. The van der Waals surface area contributed by atoms with E-state index in [0.29, 0.717) is 17.1 Å². The topological polar surface area (TPSA) is 84.0 Å². The highest BCUT2D eigenvalue weighted by atomic mass is 16.2. The van der Waals surface area contributed by atoms with E-state index in [1.807, 2.05) is 31.2 Å². The number of carbonyl (C=O) groups is 2. The van der Waals surface area contributed by atoms with Gasteiger partial charge in [0.05, 0.1) is 0 Å². The van der Waals surface area contributed by atoms with E-state index in [4.69, 9.17) is 0 Å². The molecule has 1 amide bonds. The van der Waals surface area contributed by atoms with E-state index in [0.717, 1.165) is 11.3 Å². The average Bonchev–Trinajstić information content (AvgIpc) is 2.64. The molecule has 0 fully saturated rings. The maximum atomic E-state index is 12.3. The van der Waals surface area contributed by atoms with Gasteiger partial charge < -0.3 is 10.6 Å². The fourth-order valence-corrected chi connectivity index (χ4v) is 2.35. The minimum atomic E-state index is -0.365. The van der Waals surface area contributed by atoms with Crippen molar-refractivity contribution in [2.24, 2.45) is 0 Å². The maximum absolute atomic E-state index is 12.3. The molecule has 0 radical (unpaired) electrons. The van der Waals surface area contributed by atoms with Gasteiger partial charge in [-0.2, -0.15) is 0 Å². The third-order valence-corrected chi connectivity index (χ3v) is 3.85. The van der Waals surface area contributed by atoms with Gasteiger partial charge in [0, 0.05) is 16.9 Å². The van der Waals surface area contributed by atoms with Gasteiger partial charge in [0.15, 0.2) is 17.3 Å². The molecule has 1 heterocycles. The van der Waals surface area contributed by atoms with Gasteiger partial charge in [-0.05, 0) is 61.9 Å². The number of ketones is 1. The van der Waals surface area contributed by atoms with Crippen LogP contribution in [-0.4, -0.2) is 21.9 Å². The Morgan fingerprint density at radius 3 is 2.23 bits per heavy atom. The first kappa shape index (κ1) is 17.3. The number of para-hydroxylation sites is 1. The highest BCUT2D eigenvalue weighted by Crippen LogP contribution is 2.18. The van der Waals surface area contributed by atoms with E-state index in [9.17, 15) is 9.59 Å². The van der Waals surface area contributed by atoms with E-state index in [-0.39, 0.29) is 17.4 Å². The smallest absolute Gasteiger partial charge is 0.276 e. The number of aromatic nitrogens is 2. The van der Waals surface area contributed by atoms with E-state index < -0.39 is 0 Å². The molecule has 1 aromatic heterocycles. The van der Waals surface area contributed by atoms with Crippen molar-refractivity contribution in [1.29, 1.82) is 0 Å². The van der Waals surface area contributed by atoms with Crippen molar-refractivity contribution in [3.05, 3.63) is 77.5 Å². The predicted molar refractivity (Wildman–Crippen MR) is 101 cm³/mol. The number of anilines is 3. The largest absolute Gasteiger partial charge is 0.339 e. The maximum Gasteiger partial charge on any atom is 0.276 e. The third-order valence-electron chi connectivity index (χ3n) is 3.85. The number of nitrogens with one attached hydrogen (secondary N) is 2. The summed E-state index contributed by atoms with van der Waals surface area (Å²) in [5.74, 6) is 0.169. The van der Waals surface area contributed by atoms with Crippen LogP contribution in [0.5, 0.6) is 0 Å². The van der Waals surface area contributed by atoms with E-state index >= 15 is 0 Å². The summed E-state index contributed by atoms with van der Waals surface area (Å²) in [5, 5.41) is 13.9. The fourth-order valence-electron chi connectivity index (χ4n) is 2.35. The van der Waals surface area contributed by atoms with Gasteiger partial charge in [0.25, 0.3) is 5.91 Å². The van der Waals surface area contributed by atoms with Crippen molar-refractivity contribution < 1.29 is 9.59 Å². The lowest BCUT2D eigenvalue weighted by atomic mass is 10.1. The number of rotatable bonds is 5. The summed E-state index contributed by atoms with van der Waals surface area (Å²) in [4.78, 5) is 23.5. The van der Waals surface area contributed by atoms with Crippen LogP contribution in [0.2, 0.25) is 0 Å². The molecular weight excluding hydrogens is 328 g/mol. The van der Waals surface area contributed by atoms with Crippen LogP contribution in [-0.2, 0) is 0 Å². The van der Waals surface area contributed by atoms with E-state index in [2.05, 4.69) is 20.8 Å². The Morgan fingerprint density at radius 2 is 1.62 bits per heavy atom. The minimum Gasteiger partial charge on any atom is -0.339 e. The molecule has 0 saturated heterocycles. The normalized spacial score (nSPS) is 10.2. The van der Waals surface area contributed by atoms with Crippen LogP contribution in [0, 0.1) is 6.92 Å². The lowest BCUT2D eigenvalue weighted by Gasteiger charge is -2.08. The van der Waals surface area contributed by atoms with Gasteiger partial charge in [0.1, 0.15) is 0 Å². The average molecular weight is 346 g/mol. The molecule has 0 atom stereocenters. The molecule has 6 nitrogen and oxygen atoms in total. The Morgan fingerprint density at radius 1 is 0.885 bits per heavy atom. The number of aryl methyl sites for hydroxylation is 1. The predicted octanol–water partition coefficient (Wildman–Crippen LogP) is 3.98. The second-order valence-electron chi connectivity index (χ2n) is 5.83. The summed E-state index contributed by atoms with van der Waals surface area (Å²) in [6.45, 7) is 3.49. The second kappa shape index (κ2) is 7.57. The second-order valence-corrected chi connectivity index (χ2v) is 5.83. The molecule has 6 heteroatoms. The molecule has 130 valence electrons. The highest BCUT2D eigenvalue weighted by Gasteiger charge is 2.09. The SMILES string of the molecule is CC(=O)c1ccc(NC(=O)c2ccc(Nc3ccccc3C)nn2)cc1. The minimum absolute atomic E-state index is 0.0227. The summed E-state index contributed by atoms with van der Waals surface area (Å²) in [6, 6.07) is 17.8. The van der Waals surface area contributed by atoms with Crippen LogP contribution in [0.25, 0.3) is 0 Å². The van der Waals surface area contributed by atoms with E-state index in [1.54, 1.807) is 36.4 Å². The summed E-state index contributed by atoms with van der Waals surface area (Å²) >= 11 is 0. The summed E-state index contributed by atoms with van der Waals surface area (Å²) in [5.41, 5.74) is 3.41. The number of hydrogen-bond acceptors (Lipinski definition) is 5. The van der Waals surface area contributed by atoms with Crippen LogP contribution in [0.15, 0.2) is 60.7 Å². The van der Waals surface area contributed by atoms with Crippen molar-refractivity contribution in [3.63, 3.8) is 0 Å². The molecule has 26 heavy (non-hydrogen) atoms. The van der Waals surface area contributed by atoms with Crippen molar-refractivity contribution in [1.82, 2.24) is 10.2 Å². The quantitative estimate of drug-likeness (QED) is 0.683. The molecule has 2 N–H and O–H groups in total. The standard InChI is InChI=1S/C20H18N4O2/c1-13-5-3-4-6-17(13)22-19-12-11-18(23-24-19)20(26)21-16-9-7-15(8-10-16)14(2)25/h3-12H,1-2H3,(H,21,26)(H,22,24). The first-order valence-corrected chi connectivity index (χ1v) is 8.11. The number of amides is 1. The zero-order chi connectivity index (χ0) is 18.5. The molecule has 3 rings (SSSR count). The highest BCUT2D eigenvalue weighted by molar-refractivity contribution is 6.03. The number of nitrogens with zero attached hydrogens (tertiary/aromatic N) is 2. The summed E-state index contributed by atoms with van der Waals surface area (Å²) in [6.07, 6.45) is 0. The number of hydrogen-bond donors (Lipinski definition) is 2.